The summed E-state index contributed by atoms with van der Waals surface area (Å²) in [6.45, 7) is 0.473. The Kier molecular flexibility index (Phi) is 1.89. The molecule has 78 valence electrons. The van der Waals surface area contributed by atoms with Gasteiger partial charge in [-0.2, -0.15) is 10.4 Å². The van der Waals surface area contributed by atoms with Gasteiger partial charge in [-0.15, -0.1) is 0 Å². The van der Waals surface area contributed by atoms with E-state index in [9.17, 15) is 4.79 Å². The Labute approximate surface area is 86.5 Å². The van der Waals surface area contributed by atoms with Gasteiger partial charge in [-0.1, -0.05) is 0 Å². The molecule has 1 amide bonds. The lowest BCUT2D eigenvalue weighted by atomic mass is 10.1. The van der Waals surface area contributed by atoms with Crippen LogP contribution in [0.2, 0.25) is 0 Å². The Morgan fingerprint density at radius 2 is 2.40 bits per heavy atom. The van der Waals surface area contributed by atoms with Crippen molar-refractivity contribution < 1.29 is 4.79 Å². The predicted molar refractivity (Wildman–Crippen MR) is 52.4 cm³/mol. The second-order valence-electron chi connectivity index (χ2n) is 3.89. The maximum atomic E-state index is 10.9. The molecule has 0 aromatic carbocycles. The van der Waals surface area contributed by atoms with E-state index >= 15 is 0 Å². The summed E-state index contributed by atoms with van der Waals surface area (Å²) in [6, 6.07) is 2.24. The fourth-order valence-corrected chi connectivity index (χ4v) is 1.48. The summed E-state index contributed by atoms with van der Waals surface area (Å²) in [5.41, 5.74) is 10.7. The number of hydrogen-bond donors (Lipinski definition) is 2. The third-order valence-corrected chi connectivity index (χ3v) is 2.58. The largest absolute Gasteiger partial charge is 0.396 e. The second kappa shape index (κ2) is 2.98. The number of hydrogen-bond acceptors (Lipinski definition) is 4. The summed E-state index contributed by atoms with van der Waals surface area (Å²) in [5, 5.41) is 12.8. The molecule has 0 unspecified atom stereocenters. The number of nitrogen functional groups attached to an aromatic ring is 1. The van der Waals surface area contributed by atoms with E-state index in [1.807, 2.05) is 0 Å². The highest BCUT2D eigenvalue weighted by Crippen LogP contribution is 2.46. The van der Waals surface area contributed by atoms with E-state index in [2.05, 4.69) is 11.2 Å². The topological polar surface area (TPSA) is 111 Å². The zero-order valence-corrected chi connectivity index (χ0v) is 8.10. The summed E-state index contributed by atoms with van der Waals surface area (Å²) in [7, 11) is 0. The average molecular weight is 205 g/mol. The molecule has 1 aliphatic rings. The third kappa shape index (κ3) is 1.64. The number of nitrogens with zero attached hydrogens (tertiary/aromatic N) is 3. The molecular weight excluding hydrogens is 194 g/mol. The maximum absolute atomic E-state index is 10.9. The number of amides is 1. The lowest BCUT2D eigenvalue weighted by molar-refractivity contribution is 0.0995. The molecule has 0 spiro atoms. The minimum Gasteiger partial charge on any atom is -0.396 e. The minimum absolute atomic E-state index is 0.0729. The monoisotopic (exact) mass is 205 g/mol. The van der Waals surface area contributed by atoms with Crippen molar-refractivity contribution in [3.05, 3.63) is 11.9 Å². The van der Waals surface area contributed by atoms with Gasteiger partial charge in [0, 0.05) is 6.20 Å². The molecule has 1 aliphatic carbocycles. The van der Waals surface area contributed by atoms with Crippen molar-refractivity contribution in [2.24, 2.45) is 11.1 Å². The molecule has 15 heavy (non-hydrogen) atoms. The van der Waals surface area contributed by atoms with Gasteiger partial charge in [0.15, 0.2) is 5.69 Å². The molecule has 0 saturated heterocycles. The van der Waals surface area contributed by atoms with Crippen LogP contribution in [0.3, 0.4) is 0 Å². The molecule has 0 aliphatic heterocycles. The summed E-state index contributed by atoms with van der Waals surface area (Å²) in [4.78, 5) is 10.9. The number of aromatic nitrogens is 2. The first kappa shape index (κ1) is 9.52. The van der Waals surface area contributed by atoms with Gasteiger partial charge in [0.05, 0.1) is 23.7 Å². The van der Waals surface area contributed by atoms with E-state index in [0.29, 0.717) is 6.54 Å². The molecule has 1 heterocycles. The van der Waals surface area contributed by atoms with Crippen molar-refractivity contribution in [1.29, 1.82) is 5.26 Å². The quantitative estimate of drug-likeness (QED) is 0.715. The number of anilines is 1. The van der Waals surface area contributed by atoms with Crippen molar-refractivity contribution in [3.63, 3.8) is 0 Å². The first-order chi connectivity index (χ1) is 7.06. The van der Waals surface area contributed by atoms with Gasteiger partial charge in [-0.3, -0.25) is 9.48 Å². The van der Waals surface area contributed by atoms with E-state index in [1.54, 1.807) is 0 Å². The lowest BCUT2D eigenvalue weighted by Crippen LogP contribution is -2.15. The smallest absolute Gasteiger partial charge is 0.271 e. The van der Waals surface area contributed by atoms with Crippen LogP contribution in [0.1, 0.15) is 23.3 Å². The van der Waals surface area contributed by atoms with Crippen molar-refractivity contribution in [3.8, 4) is 6.07 Å². The Balaban J connectivity index is 2.21. The molecule has 1 aromatic heterocycles. The summed E-state index contributed by atoms with van der Waals surface area (Å²) >= 11 is 0. The zero-order chi connectivity index (χ0) is 11.1. The number of primary amides is 1. The standard InChI is InChI=1S/C9H11N5O/c10-4-9(1-2-9)5-14-3-6(11)7(13-14)8(12)15/h3H,1-2,5,11H2,(H2,12,15). The molecule has 0 radical (unpaired) electrons. The maximum Gasteiger partial charge on any atom is 0.271 e. The minimum atomic E-state index is -0.645. The zero-order valence-electron chi connectivity index (χ0n) is 8.10. The fourth-order valence-electron chi connectivity index (χ4n) is 1.48. The molecular formula is C9H11N5O. The fraction of sp³-hybridized carbons (Fsp3) is 0.444. The van der Waals surface area contributed by atoms with Crippen LogP contribution >= 0.6 is 0 Å². The lowest BCUT2D eigenvalue weighted by Gasteiger charge is -2.04. The van der Waals surface area contributed by atoms with Gasteiger partial charge in [-0.05, 0) is 12.8 Å². The third-order valence-electron chi connectivity index (χ3n) is 2.58. The van der Waals surface area contributed by atoms with Gasteiger partial charge < -0.3 is 11.5 Å². The van der Waals surface area contributed by atoms with Crippen LogP contribution in [-0.4, -0.2) is 15.7 Å². The highest BCUT2D eigenvalue weighted by molar-refractivity contribution is 5.95. The summed E-state index contributed by atoms with van der Waals surface area (Å²) in [6.07, 6.45) is 3.28. The number of nitrogens with two attached hydrogens (primary N) is 2. The van der Waals surface area contributed by atoms with Crippen molar-refractivity contribution in [2.45, 2.75) is 19.4 Å². The molecule has 0 atom stereocenters. The van der Waals surface area contributed by atoms with E-state index in [4.69, 9.17) is 16.7 Å². The Bertz CT molecular complexity index is 452. The van der Waals surface area contributed by atoms with Gasteiger partial charge in [0.2, 0.25) is 0 Å². The molecule has 2 rings (SSSR count). The van der Waals surface area contributed by atoms with E-state index in [-0.39, 0.29) is 16.8 Å². The number of carbonyl (C=O) groups excluding carboxylic acids is 1. The Hall–Kier alpha value is -2.03. The average Bonchev–Trinajstić information content (AvgIpc) is 2.84. The molecule has 4 N–H and O–H groups in total. The highest BCUT2D eigenvalue weighted by Gasteiger charge is 2.43. The predicted octanol–water partition coefficient (Wildman–Crippen LogP) is -0.132. The van der Waals surface area contributed by atoms with Crippen molar-refractivity contribution in [2.75, 3.05) is 5.73 Å². The van der Waals surface area contributed by atoms with Gasteiger partial charge in [0.1, 0.15) is 0 Å². The molecule has 0 bridgehead atoms. The molecule has 1 fully saturated rings. The summed E-state index contributed by atoms with van der Waals surface area (Å²) < 4.78 is 1.52. The molecule has 1 aromatic rings. The van der Waals surface area contributed by atoms with E-state index in [0.717, 1.165) is 12.8 Å². The number of carbonyl (C=O) groups is 1. The van der Waals surface area contributed by atoms with Gasteiger partial charge in [0.25, 0.3) is 5.91 Å². The Morgan fingerprint density at radius 3 is 2.80 bits per heavy atom. The first-order valence-electron chi connectivity index (χ1n) is 4.60. The van der Waals surface area contributed by atoms with Crippen LogP contribution in [-0.2, 0) is 6.54 Å². The van der Waals surface area contributed by atoms with Crippen LogP contribution in [0, 0.1) is 16.7 Å². The molecule has 6 heteroatoms. The second-order valence-corrected chi connectivity index (χ2v) is 3.89. The first-order valence-corrected chi connectivity index (χ1v) is 4.60. The van der Waals surface area contributed by atoms with Crippen LogP contribution in [0.15, 0.2) is 6.20 Å². The van der Waals surface area contributed by atoms with Crippen LogP contribution in [0.4, 0.5) is 5.69 Å². The van der Waals surface area contributed by atoms with Gasteiger partial charge >= 0.3 is 0 Å². The summed E-state index contributed by atoms with van der Waals surface area (Å²) in [5.74, 6) is -0.645. The van der Waals surface area contributed by atoms with Crippen molar-refractivity contribution in [1.82, 2.24) is 9.78 Å². The normalized spacial score (nSPS) is 17.0. The van der Waals surface area contributed by atoms with Gasteiger partial charge in [-0.25, -0.2) is 0 Å². The van der Waals surface area contributed by atoms with Crippen molar-refractivity contribution >= 4 is 11.6 Å². The van der Waals surface area contributed by atoms with E-state index < -0.39 is 5.91 Å². The number of nitriles is 1. The van der Waals surface area contributed by atoms with Crippen LogP contribution in [0.25, 0.3) is 0 Å². The van der Waals surface area contributed by atoms with Crippen LogP contribution in [0.5, 0.6) is 0 Å². The Morgan fingerprint density at radius 1 is 1.73 bits per heavy atom. The van der Waals surface area contributed by atoms with Crippen LogP contribution < -0.4 is 11.5 Å². The molecule has 6 nitrogen and oxygen atoms in total. The molecule has 1 saturated carbocycles. The number of rotatable bonds is 3. The highest BCUT2D eigenvalue weighted by atomic mass is 16.1. The SMILES string of the molecule is N#CC1(Cn2cc(N)c(C(N)=O)n2)CC1. The van der Waals surface area contributed by atoms with E-state index in [1.165, 1.54) is 10.9 Å².